The maximum Gasteiger partial charge on any atom is 0.116 e. The molecule has 0 bridgehead atoms. The summed E-state index contributed by atoms with van der Waals surface area (Å²) in [6, 6.07) is 5.63. The third-order valence-electron chi connectivity index (χ3n) is 1.03. The van der Waals surface area contributed by atoms with Crippen molar-refractivity contribution in [1.29, 1.82) is 0 Å². The first-order chi connectivity index (χ1) is 4.18. The Labute approximate surface area is 70.7 Å². The molecule has 0 atom stereocenters. The van der Waals surface area contributed by atoms with Crippen LogP contribution in [0.15, 0.2) is 18.2 Å². The topological polar surface area (TPSA) is 20.2 Å². The molecule has 0 aliphatic carbocycles. The van der Waals surface area contributed by atoms with E-state index in [1.54, 1.807) is 12.1 Å². The standard InChI is InChI=1S/C6H7IOSi/c7-4-1-5(8)3-6(9)2-4/h1-3,8H,9H3. The molecule has 3 heteroatoms. The fourth-order valence-corrected chi connectivity index (χ4v) is 2.72. The molecule has 0 aromatic heterocycles. The van der Waals surface area contributed by atoms with E-state index in [0.29, 0.717) is 5.75 Å². The number of hydrogen-bond donors (Lipinski definition) is 1. The highest BCUT2D eigenvalue weighted by atomic mass is 127. The lowest BCUT2D eigenvalue weighted by atomic mass is 10.3. The molecule has 0 fully saturated rings. The van der Waals surface area contributed by atoms with Gasteiger partial charge < -0.3 is 5.11 Å². The minimum atomic E-state index is 0.381. The van der Waals surface area contributed by atoms with Crippen LogP contribution in [-0.4, -0.2) is 15.3 Å². The van der Waals surface area contributed by atoms with Crippen molar-refractivity contribution in [2.45, 2.75) is 0 Å². The molecule has 0 radical (unpaired) electrons. The molecule has 0 saturated heterocycles. The summed E-state index contributed by atoms with van der Waals surface area (Å²) in [7, 11) is 1.01. The molecule has 0 aliphatic heterocycles. The van der Waals surface area contributed by atoms with Gasteiger partial charge in [-0.3, -0.25) is 0 Å². The van der Waals surface area contributed by atoms with Gasteiger partial charge in [-0.2, -0.15) is 0 Å². The van der Waals surface area contributed by atoms with Crippen LogP contribution >= 0.6 is 22.6 Å². The Balaban J connectivity index is 3.17. The summed E-state index contributed by atoms with van der Waals surface area (Å²) < 4.78 is 1.11. The lowest BCUT2D eigenvalue weighted by Crippen LogP contribution is -2.00. The van der Waals surface area contributed by atoms with Crippen LogP contribution in [0.1, 0.15) is 0 Å². The van der Waals surface area contributed by atoms with Gasteiger partial charge in [0.1, 0.15) is 5.75 Å². The van der Waals surface area contributed by atoms with Crippen molar-refractivity contribution in [2.24, 2.45) is 0 Å². The molecule has 1 aromatic rings. The summed E-state index contributed by atoms with van der Waals surface area (Å²) in [6.45, 7) is 0. The second kappa shape index (κ2) is 2.70. The van der Waals surface area contributed by atoms with E-state index < -0.39 is 0 Å². The molecule has 0 unspecified atom stereocenters. The lowest BCUT2D eigenvalue weighted by Gasteiger charge is -1.94. The molecule has 1 rings (SSSR count). The van der Waals surface area contributed by atoms with E-state index in [4.69, 9.17) is 5.11 Å². The van der Waals surface area contributed by atoms with Crippen LogP contribution in [-0.2, 0) is 0 Å². The van der Waals surface area contributed by atoms with Crippen LogP contribution in [0.3, 0.4) is 0 Å². The first kappa shape index (κ1) is 7.08. The molecule has 9 heavy (non-hydrogen) atoms. The van der Waals surface area contributed by atoms with Gasteiger partial charge in [-0.1, -0.05) is 11.3 Å². The molecule has 0 spiro atoms. The number of aromatic hydroxyl groups is 1. The zero-order valence-corrected chi connectivity index (χ0v) is 9.21. The van der Waals surface area contributed by atoms with Gasteiger partial charge in [-0.05, 0) is 34.7 Å². The fourth-order valence-electron chi connectivity index (χ4n) is 0.717. The predicted molar refractivity (Wildman–Crippen MR) is 50.4 cm³/mol. The smallest absolute Gasteiger partial charge is 0.116 e. The second-order valence-corrected chi connectivity index (χ2v) is 4.39. The Morgan fingerprint density at radius 1 is 1.33 bits per heavy atom. The average molecular weight is 250 g/mol. The SMILES string of the molecule is Oc1cc([SiH3])cc(I)c1. The van der Waals surface area contributed by atoms with E-state index in [1.165, 1.54) is 5.19 Å². The Morgan fingerprint density at radius 2 is 2.00 bits per heavy atom. The van der Waals surface area contributed by atoms with Crippen LogP contribution in [0.2, 0.25) is 0 Å². The normalized spacial score (nSPS) is 9.89. The summed E-state index contributed by atoms with van der Waals surface area (Å²) >= 11 is 2.19. The van der Waals surface area contributed by atoms with E-state index in [0.717, 1.165) is 13.8 Å². The minimum Gasteiger partial charge on any atom is -0.508 e. The van der Waals surface area contributed by atoms with Crippen LogP contribution in [0, 0.1) is 3.57 Å². The van der Waals surface area contributed by atoms with Gasteiger partial charge in [0, 0.05) is 13.8 Å². The number of phenolic OH excluding ortho intramolecular Hbond substituents is 1. The van der Waals surface area contributed by atoms with Gasteiger partial charge in [0.15, 0.2) is 0 Å². The molecule has 1 N–H and O–H groups in total. The molecule has 0 saturated carbocycles. The first-order valence-corrected chi connectivity index (χ1v) is 4.72. The Hall–Kier alpha value is -0.0331. The molecule has 0 aliphatic rings. The van der Waals surface area contributed by atoms with Gasteiger partial charge in [0.05, 0.1) is 0 Å². The molecule has 0 heterocycles. The predicted octanol–water partition coefficient (Wildman–Crippen LogP) is -0.0125. The lowest BCUT2D eigenvalue weighted by molar-refractivity contribution is 0.475. The van der Waals surface area contributed by atoms with E-state index >= 15 is 0 Å². The second-order valence-electron chi connectivity index (χ2n) is 1.99. The van der Waals surface area contributed by atoms with Crippen molar-refractivity contribution < 1.29 is 5.11 Å². The van der Waals surface area contributed by atoms with Crippen molar-refractivity contribution in [2.75, 3.05) is 0 Å². The van der Waals surface area contributed by atoms with E-state index in [-0.39, 0.29) is 0 Å². The molecular weight excluding hydrogens is 243 g/mol. The minimum absolute atomic E-state index is 0.381. The summed E-state index contributed by atoms with van der Waals surface area (Å²) in [5.74, 6) is 0.381. The van der Waals surface area contributed by atoms with E-state index in [2.05, 4.69) is 28.7 Å². The quantitative estimate of drug-likeness (QED) is 0.507. The van der Waals surface area contributed by atoms with Crippen LogP contribution in [0.5, 0.6) is 5.75 Å². The maximum atomic E-state index is 9.01. The molecular formula is C6H7IOSi. The van der Waals surface area contributed by atoms with Crippen molar-refractivity contribution in [3.8, 4) is 5.75 Å². The largest absolute Gasteiger partial charge is 0.508 e. The number of rotatable bonds is 0. The van der Waals surface area contributed by atoms with Crippen LogP contribution < -0.4 is 5.19 Å². The highest BCUT2D eigenvalue weighted by Gasteiger charge is 1.90. The maximum absolute atomic E-state index is 9.01. The number of phenols is 1. The van der Waals surface area contributed by atoms with Gasteiger partial charge in [0.2, 0.25) is 0 Å². The van der Waals surface area contributed by atoms with Crippen LogP contribution in [0.4, 0.5) is 0 Å². The zero-order valence-electron chi connectivity index (χ0n) is 5.06. The number of benzene rings is 1. The third-order valence-corrected chi connectivity index (χ3v) is 2.23. The van der Waals surface area contributed by atoms with E-state index in [1.807, 2.05) is 0 Å². The Kier molecular flexibility index (Phi) is 2.12. The van der Waals surface area contributed by atoms with Crippen molar-refractivity contribution in [3.63, 3.8) is 0 Å². The number of halogens is 1. The first-order valence-electron chi connectivity index (χ1n) is 2.64. The molecule has 48 valence electrons. The van der Waals surface area contributed by atoms with Gasteiger partial charge >= 0.3 is 0 Å². The van der Waals surface area contributed by atoms with Crippen molar-refractivity contribution >= 4 is 38.0 Å². The van der Waals surface area contributed by atoms with Gasteiger partial charge in [-0.25, -0.2) is 0 Å². The Morgan fingerprint density at radius 3 is 2.44 bits per heavy atom. The van der Waals surface area contributed by atoms with E-state index in [9.17, 15) is 0 Å². The molecule has 1 aromatic carbocycles. The molecule has 1 nitrogen and oxygen atoms in total. The molecule has 0 amide bonds. The monoisotopic (exact) mass is 250 g/mol. The summed E-state index contributed by atoms with van der Waals surface area (Å²) in [5.41, 5.74) is 0. The van der Waals surface area contributed by atoms with Gasteiger partial charge in [-0.15, -0.1) is 0 Å². The highest BCUT2D eigenvalue weighted by Crippen LogP contribution is 2.10. The van der Waals surface area contributed by atoms with Gasteiger partial charge in [0.25, 0.3) is 0 Å². The number of hydrogen-bond acceptors (Lipinski definition) is 1. The fraction of sp³-hybridized carbons (Fsp3) is 0. The van der Waals surface area contributed by atoms with Crippen molar-refractivity contribution in [3.05, 3.63) is 21.8 Å². The Bertz CT molecular complexity index is 174. The zero-order chi connectivity index (χ0) is 6.85. The summed E-state index contributed by atoms with van der Waals surface area (Å²) in [6.07, 6.45) is 0. The summed E-state index contributed by atoms with van der Waals surface area (Å²) in [4.78, 5) is 0. The summed E-state index contributed by atoms with van der Waals surface area (Å²) in [5, 5.41) is 10.2. The highest BCUT2D eigenvalue weighted by molar-refractivity contribution is 14.1. The van der Waals surface area contributed by atoms with Crippen LogP contribution in [0.25, 0.3) is 0 Å². The third kappa shape index (κ3) is 1.98. The average Bonchev–Trinajstić information content (AvgIpc) is 1.59. The van der Waals surface area contributed by atoms with Crippen molar-refractivity contribution in [1.82, 2.24) is 0 Å².